The largest absolute Gasteiger partial charge is 0.327 e. The van der Waals surface area contributed by atoms with Gasteiger partial charge in [0, 0.05) is 19.3 Å². The zero-order valence-electron chi connectivity index (χ0n) is 10.3. The van der Waals surface area contributed by atoms with Crippen LogP contribution in [-0.4, -0.2) is 31.7 Å². The maximum Gasteiger partial charge on any atom is 0.327 e. The van der Waals surface area contributed by atoms with Crippen molar-refractivity contribution in [3.05, 3.63) is 30.3 Å². The van der Waals surface area contributed by atoms with Crippen molar-refractivity contribution >= 4 is 23.8 Å². The van der Waals surface area contributed by atoms with E-state index in [2.05, 4.69) is 15.8 Å². The number of anilines is 1. The topological polar surface area (TPSA) is 73.8 Å². The van der Waals surface area contributed by atoms with E-state index >= 15 is 0 Å². The molecule has 6 nitrogen and oxygen atoms in total. The van der Waals surface area contributed by atoms with E-state index in [-0.39, 0.29) is 5.84 Å². The Morgan fingerprint density at radius 3 is 2.56 bits per heavy atom. The molecule has 6 heteroatoms. The molecule has 1 aromatic rings. The number of hydrazone groups is 1. The molecule has 0 atom stereocenters. The molecule has 0 bridgehead atoms. The number of carbonyl (C=O) groups is 1. The molecule has 0 saturated carbocycles. The predicted octanol–water partition coefficient (Wildman–Crippen LogP) is 0.865. The Labute approximate surface area is 106 Å². The Hall–Kier alpha value is -2.37. The Balaban J connectivity index is 2.81. The molecule has 0 aromatic heterocycles. The average molecular weight is 247 g/mol. The van der Waals surface area contributed by atoms with Crippen molar-refractivity contribution in [2.75, 3.05) is 18.5 Å². The number of nitrogens with zero attached hydrogens (tertiary/aromatic N) is 2. The zero-order valence-corrected chi connectivity index (χ0v) is 10.3. The molecule has 0 spiro atoms. The van der Waals surface area contributed by atoms with Crippen molar-refractivity contribution < 1.29 is 9.59 Å². The highest BCUT2D eigenvalue weighted by atomic mass is 16.2. The van der Waals surface area contributed by atoms with Gasteiger partial charge in [0.05, 0.1) is 0 Å². The molecule has 0 aliphatic rings. The molecule has 1 aromatic carbocycles. The van der Waals surface area contributed by atoms with Gasteiger partial charge in [-0.2, -0.15) is 5.10 Å². The van der Waals surface area contributed by atoms with E-state index in [1.807, 2.05) is 37.3 Å². The van der Waals surface area contributed by atoms with Crippen molar-refractivity contribution in [2.24, 2.45) is 5.10 Å². The summed E-state index contributed by atoms with van der Waals surface area (Å²) < 4.78 is 0. The molecule has 0 saturated heterocycles. The highest BCUT2D eigenvalue weighted by molar-refractivity contribution is 6.31. The van der Waals surface area contributed by atoms with Gasteiger partial charge in [-0.1, -0.05) is 18.2 Å². The Kier molecular flexibility index (Phi) is 5.37. The minimum absolute atomic E-state index is 0.183. The number of hydrogen-bond donors (Lipinski definition) is 2. The molecular weight excluding hydrogens is 232 g/mol. The van der Waals surface area contributed by atoms with Crippen LogP contribution in [0.2, 0.25) is 0 Å². The fourth-order valence-corrected chi connectivity index (χ4v) is 1.41. The van der Waals surface area contributed by atoms with Crippen molar-refractivity contribution in [3.63, 3.8) is 0 Å². The molecule has 18 heavy (non-hydrogen) atoms. The predicted molar refractivity (Wildman–Crippen MR) is 70.2 cm³/mol. The Bertz CT molecular complexity index is 431. The summed E-state index contributed by atoms with van der Waals surface area (Å²) in [5.74, 6) is -0.183. The fourth-order valence-electron chi connectivity index (χ4n) is 1.41. The minimum Gasteiger partial charge on any atom is -0.311 e. The van der Waals surface area contributed by atoms with Gasteiger partial charge in [0.25, 0.3) is 6.29 Å². The number of hydrogen-bond acceptors (Lipinski definition) is 4. The maximum absolute atomic E-state index is 11.9. The number of nitrogens with one attached hydrogen (secondary N) is 2. The smallest absolute Gasteiger partial charge is 0.311 e. The lowest BCUT2D eigenvalue weighted by molar-refractivity contribution is 0.251. The van der Waals surface area contributed by atoms with Gasteiger partial charge in [-0.3, -0.25) is 15.0 Å². The molecule has 0 unspecified atom stereocenters. The molecule has 2 amide bonds. The van der Waals surface area contributed by atoms with Crippen LogP contribution in [0, 0.1) is 0 Å². The number of benzene rings is 1. The molecular formula is C12H15N4O2. The second-order valence-corrected chi connectivity index (χ2v) is 3.30. The quantitative estimate of drug-likeness (QED) is 0.471. The fraction of sp³-hybridized carbons (Fsp3) is 0.250. The van der Waals surface area contributed by atoms with E-state index in [9.17, 15) is 9.59 Å². The molecule has 0 heterocycles. The average Bonchev–Trinajstić information content (AvgIpc) is 2.40. The number of amidine groups is 1. The number of rotatable bonds is 4. The van der Waals surface area contributed by atoms with Gasteiger partial charge in [-0.25, -0.2) is 4.79 Å². The van der Waals surface area contributed by atoms with E-state index in [0.717, 1.165) is 5.69 Å². The summed E-state index contributed by atoms with van der Waals surface area (Å²) in [5.41, 5.74) is 3.16. The molecule has 1 rings (SSSR count). The number of amides is 2. The van der Waals surface area contributed by atoms with Crippen molar-refractivity contribution in [1.29, 1.82) is 0 Å². The van der Waals surface area contributed by atoms with Crippen molar-refractivity contribution in [1.82, 2.24) is 10.7 Å². The van der Waals surface area contributed by atoms with Crippen LogP contribution in [0.15, 0.2) is 35.4 Å². The summed E-state index contributed by atoms with van der Waals surface area (Å²) in [6.07, 6.45) is 1.54. The van der Waals surface area contributed by atoms with Crippen LogP contribution in [0.5, 0.6) is 0 Å². The van der Waals surface area contributed by atoms with Gasteiger partial charge < -0.3 is 5.43 Å². The lowest BCUT2D eigenvalue weighted by Crippen LogP contribution is -2.44. The van der Waals surface area contributed by atoms with Crippen molar-refractivity contribution in [2.45, 2.75) is 6.92 Å². The molecule has 0 aliphatic carbocycles. The van der Waals surface area contributed by atoms with Gasteiger partial charge in [0.15, 0.2) is 0 Å². The van der Waals surface area contributed by atoms with Crippen LogP contribution in [0.25, 0.3) is 0 Å². The van der Waals surface area contributed by atoms with Gasteiger partial charge in [-0.05, 0) is 19.1 Å². The van der Waals surface area contributed by atoms with Crippen LogP contribution >= 0.6 is 0 Å². The van der Waals surface area contributed by atoms with Crippen molar-refractivity contribution in [3.8, 4) is 0 Å². The molecule has 0 aliphatic heterocycles. The second-order valence-electron chi connectivity index (χ2n) is 3.30. The first-order valence-corrected chi connectivity index (χ1v) is 5.49. The van der Waals surface area contributed by atoms with E-state index in [1.54, 1.807) is 6.29 Å². The first-order valence-electron chi connectivity index (χ1n) is 5.49. The summed E-state index contributed by atoms with van der Waals surface area (Å²) in [5, 5.41) is 5.95. The minimum atomic E-state index is -0.430. The van der Waals surface area contributed by atoms with E-state index in [1.165, 1.54) is 11.9 Å². The normalized spacial score (nSPS) is 10.7. The lowest BCUT2D eigenvalue weighted by atomic mass is 10.3. The summed E-state index contributed by atoms with van der Waals surface area (Å²) in [6, 6.07) is 8.72. The van der Waals surface area contributed by atoms with Crippen LogP contribution in [0.3, 0.4) is 0 Å². The number of urea groups is 1. The van der Waals surface area contributed by atoms with Gasteiger partial charge in [-0.15, -0.1) is 0 Å². The van der Waals surface area contributed by atoms with E-state index < -0.39 is 6.03 Å². The second kappa shape index (κ2) is 7.05. The van der Waals surface area contributed by atoms with Crippen LogP contribution in [0.1, 0.15) is 6.92 Å². The third-order valence-electron chi connectivity index (χ3n) is 2.17. The van der Waals surface area contributed by atoms with Gasteiger partial charge >= 0.3 is 6.03 Å². The van der Waals surface area contributed by atoms with Gasteiger partial charge in [0.1, 0.15) is 0 Å². The standard InChI is InChI=1S/C12H15N4O2/c1-3-16(10-7-5-4-6-8-10)12(18)14-11(9-17)15-13-2/h4-8,13H,3H2,1-2H3,(H,14,15,18). The molecule has 2 N–H and O–H groups in total. The summed E-state index contributed by atoms with van der Waals surface area (Å²) in [7, 11) is 1.53. The Morgan fingerprint density at radius 1 is 1.39 bits per heavy atom. The third kappa shape index (κ3) is 3.58. The Morgan fingerprint density at radius 2 is 2.06 bits per heavy atom. The van der Waals surface area contributed by atoms with Crippen LogP contribution < -0.4 is 15.6 Å². The maximum atomic E-state index is 11.9. The van der Waals surface area contributed by atoms with Crippen LogP contribution in [0.4, 0.5) is 10.5 Å². The first kappa shape index (κ1) is 13.7. The lowest BCUT2D eigenvalue weighted by Gasteiger charge is -2.20. The van der Waals surface area contributed by atoms with E-state index in [4.69, 9.17) is 0 Å². The highest BCUT2D eigenvalue weighted by Gasteiger charge is 2.15. The summed E-state index contributed by atoms with van der Waals surface area (Å²) >= 11 is 0. The zero-order chi connectivity index (χ0) is 13.4. The van der Waals surface area contributed by atoms with Gasteiger partial charge in [0.2, 0.25) is 5.84 Å². The SMILES string of the molecule is CCN(C(=O)NC([C]=O)=NNC)c1ccccc1. The molecule has 0 fully saturated rings. The summed E-state index contributed by atoms with van der Waals surface area (Å²) in [4.78, 5) is 24.0. The van der Waals surface area contributed by atoms with E-state index in [0.29, 0.717) is 6.54 Å². The number of para-hydroxylation sites is 1. The van der Waals surface area contributed by atoms with Crippen LogP contribution in [-0.2, 0) is 4.79 Å². The monoisotopic (exact) mass is 247 g/mol. The summed E-state index contributed by atoms with van der Waals surface area (Å²) in [6.45, 7) is 2.31. The number of carbonyl (C=O) groups excluding carboxylic acids is 2. The third-order valence-corrected chi connectivity index (χ3v) is 2.17. The highest BCUT2D eigenvalue weighted by Crippen LogP contribution is 2.12. The first-order chi connectivity index (χ1) is 8.72. The molecule has 95 valence electrons. The molecule has 1 radical (unpaired) electrons.